The van der Waals surface area contributed by atoms with Gasteiger partial charge in [-0.15, -0.1) is 0 Å². The Labute approximate surface area is 75.6 Å². The van der Waals surface area contributed by atoms with Gasteiger partial charge in [0.2, 0.25) is 0 Å². The molecule has 1 aromatic rings. The molecule has 0 saturated carbocycles. The number of hydrogen-bond donors (Lipinski definition) is 0. The van der Waals surface area contributed by atoms with Crippen LogP contribution in [0.3, 0.4) is 0 Å². The van der Waals surface area contributed by atoms with E-state index in [4.69, 9.17) is 0 Å². The van der Waals surface area contributed by atoms with E-state index >= 15 is 0 Å². The predicted octanol–water partition coefficient (Wildman–Crippen LogP) is 3.58. The summed E-state index contributed by atoms with van der Waals surface area (Å²) < 4.78 is 0. The summed E-state index contributed by atoms with van der Waals surface area (Å²) in [6, 6.07) is 8.65. The van der Waals surface area contributed by atoms with E-state index in [1.807, 2.05) is 0 Å². The maximum Gasteiger partial charge on any atom is -0.0216 e. The molecule has 0 amide bonds. The highest BCUT2D eigenvalue weighted by molar-refractivity contribution is 5.29. The van der Waals surface area contributed by atoms with Crippen molar-refractivity contribution in [3.63, 3.8) is 0 Å². The third-order valence-corrected chi connectivity index (χ3v) is 2.12. The van der Waals surface area contributed by atoms with Crippen LogP contribution in [0.5, 0.6) is 0 Å². The first-order valence-electron chi connectivity index (χ1n) is 4.62. The van der Waals surface area contributed by atoms with E-state index in [1.165, 1.54) is 11.1 Å². The van der Waals surface area contributed by atoms with Crippen LogP contribution in [0.4, 0.5) is 0 Å². The molecule has 0 heterocycles. The highest BCUT2D eigenvalue weighted by Gasteiger charge is 2.03. The Morgan fingerprint density at radius 3 is 2.50 bits per heavy atom. The Morgan fingerprint density at radius 2 is 1.92 bits per heavy atom. The third kappa shape index (κ3) is 2.10. The van der Waals surface area contributed by atoms with Crippen molar-refractivity contribution in [1.29, 1.82) is 0 Å². The quantitative estimate of drug-likeness (QED) is 0.635. The smallest absolute Gasteiger partial charge is 0.0216 e. The van der Waals surface area contributed by atoms with Gasteiger partial charge in [0.25, 0.3) is 0 Å². The lowest BCUT2D eigenvalue weighted by Gasteiger charge is -2.11. The lowest BCUT2D eigenvalue weighted by atomic mass is 9.95. The van der Waals surface area contributed by atoms with Crippen LogP contribution < -0.4 is 0 Å². The first kappa shape index (κ1) is 9.31. The van der Waals surface area contributed by atoms with Crippen molar-refractivity contribution in [3.8, 4) is 0 Å². The molecule has 0 atom stereocenters. The van der Waals surface area contributed by atoms with Gasteiger partial charge in [-0.1, -0.05) is 45.0 Å². The van der Waals surface area contributed by atoms with Crippen molar-refractivity contribution in [2.45, 2.75) is 32.6 Å². The van der Waals surface area contributed by atoms with Crippen LogP contribution in [0.15, 0.2) is 24.3 Å². The third-order valence-electron chi connectivity index (χ3n) is 2.12. The second kappa shape index (κ2) is 4.30. The maximum atomic E-state index is 3.88. The van der Waals surface area contributed by atoms with Crippen molar-refractivity contribution >= 4 is 0 Å². The van der Waals surface area contributed by atoms with E-state index in [-0.39, 0.29) is 0 Å². The Hall–Kier alpha value is -0.780. The number of benzene rings is 1. The summed E-state index contributed by atoms with van der Waals surface area (Å²) in [5.41, 5.74) is 2.93. The van der Waals surface area contributed by atoms with Crippen LogP contribution in [0.25, 0.3) is 0 Å². The highest BCUT2D eigenvalue weighted by Crippen LogP contribution is 2.19. The monoisotopic (exact) mass is 161 g/mol. The molecule has 1 radical (unpaired) electrons. The fraction of sp³-hybridized carbons (Fsp3) is 0.417. The topological polar surface area (TPSA) is 0 Å². The zero-order chi connectivity index (χ0) is 8.97. The Morgan fingerprint density at radius 1 is 1.25 bits per heavy atom. The van der Waals surface area contributed by atoms with E-state index in [0.29, 0.717) is 5.92 Å². The van der Waals surface area contributed by atoms with Crippen LogP contribution in [0.1, 0.15) is 37.3 Å². The normalized spacial score (nSPS) is 10.7. The Kier molecular flexibility index (Phi) is 3.33. The second-order valence-electron chi connectivity index (χ2n) is 3.46. The molecule has 0 aliphatic heterocycles. The summed E-state index contributed by atoms with van der Waals surface area (Å²) in [5, 5.41) is 0. The van der Waals surface area contributed by atoms with Gasteiger partial charge in [0.05, 0.1) is 0 Å². The summed E-state index contributed by atoms with van der Waals surface area (Å²) in [7, 11) is 0. The van der Waals surface area contributed by atoms with Gasteiger partial charge in [0.15, 0.2) is 0 Å². The van der Waals surface area contributed by atoms with Crippen LogP contribution in [-0.4, -0.2) is 0 Å². The molecule has 0 aliphatic carbocycles. The molecule has 0 unspecified atom stereocenters. The fourth-order valence-electron chi connectivity index (χ4n) is 1.52. The summed E-state index contributed by atoms with van der Waals surface area (Å²) >= 11 is 0. The van der Waals surface area contributed by atoms with Gasteiger partial charge >= 0.3 is 0 Å². The van der Waals surface area contributed by atoms with Gasteiger partial charge in [0, 0.05) is 0 Å². The predicted molar refractivity (Wildman–Crippen MR) is 54.2 cm³/mol. The minimum absolute atomic E-state index is 0.632. The van der Waals surface area contributed by atoms with E-state index < -0.39 is 0 Å². The first-order valence-corrected chi connectivity index (χ1v) is 4.62. The molecule has 0 saturated heterocycles. The summed E-state index contributed by atoms with van der Waals surface area (Å²) in [5.74, 6) is 0.632. The molecule has 12 heavy (non-hydrogen) atoms. The Balaban J connectivity index is 2.92. The van der Waals surface area contributed by atoms with Crippen molar-refractivity contribution < 1.29 is 0 Å². The molecule has 0 heteroatoms. The lowest BCUT2D eigenvalue weighted by Crippen LogP contribution is -1.95. The maximum absolute atomic E-state index is 3.88. The fourth-order valence-corrected chi connectivity index (χ4v) is 1.52. The van der Waals surface area contributed by atoms with E-state index in [0.717, 1.165) is 12.8 Å². The number of hydrogen-bond acceptors (Lipinski definition) is 0. The minimum Gasteiger partial charge on any atom is -0.0620 e. The average molecular weight is 161 g/mol. The molecule has 65 valence electrons. The SMILES string of the molecule is [CH2]CCc1ccccc1C(C)C. The van der Waals surface area contributed by atoms with Gasteiger partial charge in [0.1, 0.15) is 0 Å². The number of aryl methyl sites for hydroxylation is 1. The molecule has 1 rings (SSSR count). The summed E-state index contributed by atoms with van der Waals surface area (Å²) in [4.78, 5) is 0. The van der Waals surface area contributed by atoms with E-state index in [2.05, 4.69) is 45.0 Å². The van der Waals surface area contributed by atoms with Crippen molar-refractivity contribution in [2.24, 2.45) is 0 Å². The van der Waals surface area contributed by atoms with E-state index in [9.17, 15) is 0 Å². The first-order chi connectivity index (χ1) is 5.75. The zero-order valence-corrected chi connectivity index (χ0v) is 8.01. The average Bonchev–Trinajstić information content (AvgIpc) is 2.05. The molecule has 0 aliphatic rings. The second-order valence-corrected chi connectivity index (χ2v) is 3.46. The standard InChI is InChI=1S/C12H17/c1-4-7-11-8-5-6-9-12(11)10(2)3/h5-6,8-10H,1,4,7H2,2-3H3. The Bertz CT molecular complexity index is 236. The van der Waals surface area contributed by atoms with Gasteiger partial charge in [-0.3, -0.25) is 0 Å². The van der Waals surface area contributed by atoms with Crippen LogP contribution >= 0.6 is 0 Å². The van der Waals surface area contributed by atoms with Crippen molar-refractivity contribution in [1.82, 2.24) is 0 Å². The largest absolute Gasteiger partial charge is 0.0620 e. The van der Waals surface area contributed by atoms with Crippen molar-refractivity contribution in [3.05, 3.63) is 42.3 Å². The molecular formula is C12H17. The van der Waals surface area contributed by atoms with Gasteiger partial charge in [-0.2, -0.15) is 0 Å². The van der Waals surface area contributed by atoms with Gasteiger partial charge < -0.3 is 0 Å². The number of rotatable bonds is 3. The lowest BCUT2D eigenvalue weighted by molar-refractivity contribution is 0.833. The van der Waals surface area contributed by atoms with Crippen LogP contribution in [-0.2, 0) is 6.42 Å². The summed E-state index contributed by atoms with van der Waals surface area (Å²) in [6.45, 7) is 8.36. The summed E-state index contributed by atoms with van der Waals surface area (Å²) in [6.07, 6.45) is 2.10. The molecule has 0 nitrogen and oxygen atoms in total. The molecule has 0 fully saturated rings. The van der Waals surface area contributed by atoms with Crippen LogP contribution in [0.2, 0.25) is 0 Å². The molecule has 0 aromatic heterocycles. The molecule has 0 bridgehead atoms. The zero-order valence-electron chi connectivity index (χ0n) is 8.01. The molecule has 0 spiro atoms. The molecular weight excluding hydrogens is 144 g/mol. The minimum atomic E-state index is 0.632. The van der Waals surface area contributed by atoms with Crippen LogP contribution in [0, 0.1) is 6.92 Å². The van der Waals surface area contributed by atoms with Gasteiger partial charge in [-0.25, -0.2) is 0 Å². The van der Waals surface area contributed by atoms with Gasteiger partial charge in [-0.05, 0) is 29.9 Å². The molecule has 0 N–H and O–H groups in total. The van der Waals surface area contributed by atoms with Crippen molar-refractivity contribution in [2.75, 3.05) is 0 Å². The van der Waals surface area contributed by atoms with E-state index in [1.54, 1.807) is 0 Å². The highest BCUT2D eigenvalue weighted by atomic mass is 14.1. The molecule has 1 aromatic carbocycles.